The van der Waals surface area contributed by atoms with E-state index < -0.39 is 17.3 Å². The summed E-state index contributed by atoms with van der Waals surface area (Å²) in [4.78, 5) is 37.5. The Labute approximate surface area is 239 Å². The van der Waals surface area contributed by atoms with E-state index in [-0.39, 0.29) is 11.1 Å². The van der Waals surface area contributed by atoms with Gasteiger partial charge in [0.25, 0.3) is 5.56 Å². The van der Waals surface area contributed by atoms with Crippen molar-refractivity contribution in [3.8, 4) is 17.2 Å². The number of hydrogen-bond acceptors (Lipinski definition) is 7. The van der Waals surface area contributed by atoms with Crippen LogP contribution in [0.25, 0.3) is 38.6 Å². The van der Waals surface area contributed by atoms with E-state index in [1.165, 1.54) is 16.5 Å². The van der Waals surface area contributed by atoms with E-state index >= 15 is 4.39 Å². The first-order valence-electron chi connectivity index (χ1n) is 13.9. The van der Waals surface area contributed by atoms with Crippen LogP contribution in [0.5, 0.6) is 0 Å². The average Bonchev–Trinajstić information content (AvgIpc) is 3.56. The number of aromatic amines is 1. The molecule has 10 nitrogen and oxygen atoms in total. The maximum absolute atomic E-state index is 15.3. The van der Waals surface area contributed by atoms with Crippen LogP contribution in [0.4, 0.5) is 15.8 Å². The fraction of sp³-hybridized carbons (Fsp3) is 0.290. The van der Waals surface area contributed by atoms with E-state index in [1.807, 2.05) is 6.07 Å². The highest BCUT2D eigenvalue weighted by Gasteiger charge is 2.38. The third-order valence-electron chi connectivity index (χ3n) is 9.05. The number of carboxylic acids is 1. The van der Waals surface area contributed by atoms with Gasteiger partial charge in [0, 0.05) is 66.7 Å². The third kappa shape index (κ3) is 3.75. The molecule has 11 heteroatoms. The van der Waals surface area contributed by atoms with Gasteiger partial charge in [0.1, 0.15) is 23.1 Å². The zero-order chi connectivity index (χ0) is 29.3. The minimum atomic E-state index is -1.29. The minimum Gasteiger partial charge on any atom is -0.477 e. The van der Waals surface area contributed by atoms with Crippen LogP contribution in [-0.4, -0.2) is 70.1 Å². The Balaban J connectivity index is 1.55. The maximum atomic E-state index is 15.3. The number of benzene rings is 1. The first kappa shape index (κ1) is 26.0. The van der Waals surface area contributed by atoms with Gasteiger partial charge in [-0.05, 0) is 50.6 Å². The number of hydrogen-bond donors (Lipinski definition) is 3. The summed E-state index contributed by atoms with van der Waals surface area (Å²) >= 11 is 0. The largest absolute Gasteiger partial charge is 0.477 e. The Hall–Kier alpha value is -4.95. The molecule has 2 fully saturated rings. The van der Waals surface area contributed by atoms with Crippen molar-refractivity contribution in [2.24, 2.45) is 5.92 Å². The molecule has 5 aromatic rings. The molecule has 0 unspecified atom stereocenters. The van der Waals surface area contributed by atoms with Gasteiger partial charge in [-0.2, -0.15) is 5.26 Å². The highest BCUT2D eigenvalue weighted by atomic mass is 19.1. The quantitative estimate of drug-likeness (QED) is 0.295. The van der Waals surface area contributed by atoms with Gasteiger partial charge in [-0.25, -0.2) is 14.2 Å². The van der Waals surface area contributed by atoms with Crippen molar-refractivity contribution >= 4 is 44.8 Å². The molecular weight excluding hydrogens is 537 g/mol. The number of halogens is 1. The number of anilines is 2. The van der Waals surface area contributed by atoms with Crippen LogP contribution >= 0.6 is 0 Å². The molecule has 0 aliphatic carbocycles. The van der Waals surface area contributed by atoms with Gasteiger partial charge < -0.3 is 25.2 Å². The standard InChI is InChI=1S/C31H28FN7O3/c1-34-23-11-22(32)20(12-33)25-26-28(38-10-8-16-7-9-37(2)24(16)15-38)21(13-35-29(26)36-27(23)25)17-3-4-18-5-6-19(31(41)42)30(40)39(18)14-17/h3-6,11,13-14,16,24,34H,7-10,15H2,1-2H3,(H,35,36)(H,41,42)/t16-,24+/m1/s1. The lowest BCUT2D eigenvalue weighted by molar-refractivity contribution is 0.0694. The summed E-state index contributed by atoms with van der Waals surface area (Å²) in [5.74, 6) is -1.33. The Morgan fingerprint density at radius 1 is 1.21 bits per heavy atom. The van der Waals surface area contributed by atoms with Crippen LogP contribution in [0.3, 0.4) is 0 Å². The molecule has 7 rings (SSSR count). The van der Waals surface area contributed by atoms with E-state index in [4.69, 9.17) is 4.98 Å². The van der Waals surface area contributed by atoms with Crippen molar-refractivity contribution in [2.75, 3.05) is 43.9 Å². The highest BCUT2D eigenvalue weighted by Crippen LogP contribution is 2.45. The van der Waals surface area contributed by atoms with E-state index in [0.29, 0.717) is 56.2 Å². The molecule has 2 atom stereocenters. The number of piperidine rings is 1. The van der Waals surface area contributed by atoms with Gasteiger partial charge in [0.05, 0.1) is 27.8 Å². The van der Waals surface area contributed by atoms with Gasteiger partial charge in [0.2, 0.25) is 0 Å². The predicted molar refractivity (Wildman–Crippen MR) is 159 cm³/mol. The summed E-state index contributed by atoms with van der Waals surface area (Å²) in [5, 5.41) is 23.7. The second-order valence-electron chi connectivity index (χ2n) is 11.2. The van der Waals surface area contributed by atoms with Gasteiger partial charge in [-0.15, -0.1) is 0 Å². The lowest BCUT2D eigenvalue weighted by Gasteiger charge is -2.39. The number of likely N-dealkylation sites (N-methyl/N-ethyl adjacent to an activating group) is 1. The molecule has 0 saturated carbocycles. The Bertz CT molecular complexity index is 2040. The molecule has 4 aromatic heterocycles. The van der Waals surface area contributed by atoms with Crippen LogP contribution in [0.2, 0.25) is 0 Å². The first-order valence-corrected chi connectivity index (χ1v) is 13.9. The second-order valence-corrected chi connectivity index (χ2v) is 11.2. The predicted octanol–water partition coefficient (Wildman–Crippen LogP) is 4.28. The van der Waals surface area contributed by atoms with Crippen molar-refractivity contribution in [2.45, 2.75) is 18.9 Å². The Kier molecular flexibility index (Phi) is 5.92. The van der Waals surface area contributed by atoms with Crippen LogP contribution in [0.1, 0.15) is 28.8 Å². The summed E-state index contributed by atoms with van der Waals surface area (Å²) < 4.78 is 16.6. The molecule has 2 saturated heterocycles. The van der Waals surface area contributed by atoms with Crippen molar-refractivity contribution in [3.05, 3.63) is 70.0 Å². The molecular formula is C31H28FN7O3. The maximum Gasteiger partial charge on any atom is 0.341 e. The van der Waals surface area contributed by atoms with Crippen molar-refractivity contribution in [1.29, 1.82) is 5.26 Å². The molecule has 0 bridgehead atoms. The summed E-state index contributed by atoms with van der Waals surface area (Å²) in [6.07, 6.45) is 5.49. The number of rotatable bonds is 4. The average molecular weight is 566 g/mol. The van der Waals surface area contributed by atoms with E-state index in [2.05, 4.69) is 33.2 Å². The molecule has 2 aliphatic heterocycles. The minimum absolute atomic E-state index is 0.0656. The molecule has 2 aliphatic rings. The first-order chi connectivity index (χ1) is 20.3. The normalized spacial score (nSPS) is 19.0. The molecule has 42 heavy (non-hydrogen) atoms. The molecule has 3 N–H and O–H groups in total. The van der Waals surface area contributed by atoms with Crippen LogP contribution < -0.4 is 15.8 Å². The summed E-state index contributed by atoms with van der Waals surface area (Å²) in [5.41, 5.74) is 3.31. The van der Waals surface area contributed by atoms with E-state index in [0.717, 1.165) is 38.2 Å². The number of aromatic carboxylic acids is 1. The van der Waals surface area contributed by atoms with E-state index in [1.54, 1.807) is 31.6 Å². The second kappa shape index (κ2) is 9.56. The van der Waals surface area contributed by atoms with Crippen molar-refractivity contribution in [3.63, 3.8) is 0 Å². The number of nitriles is 1. The van der Waals surface area contributed by atoms with Crippen molar-refractivity contribution < 1.29 is 14.3 Å². The Morgan fingerprint density at radius 3 is 2.76 bits per heavy atom. The molecule has 0 radical (unpaired) electrons. The fourth-order valence-electron chi connectivity index (χ4n) is 6.90. The number of likely N-dealkylation sites (tertiary alicyclic amines) is 1. The van der Waals surface area contributed by atoms with Crippen LogP contribution in [-0.2, 0) is 0 Å². The van der Waals surface area contributed by atoms with Crippen LogP contribution in [0, 0.1) is 23.1 Å². The zero-order valence-corrected chi connectivity index (χ0v) is 23.1. The summed E-state index contributed by atoms with van der Waals surface area (Å²) in [7, 11) is 3.84. The number of nitrogens with zero attached hydrogens (tertiary/aromatic N) is 5. The van der Waals surface area contributed by atoms with Crippen molar-refractivity contribution in [1.82, 2.24) is 19.3 Å². The number of nitrogens with one attached hydrogen (secondary N) is 2. The summed E-state index contributed by atoms with van der Waals surface area (Å²) in [6, 6.07) is 10.3. The van der Waals surface area contributed by atoms with Crippen LogP contribution in [0.15, 0.2) is 47.5 Å². The SMILES string of the molecule is CNc1cc(F)c(C#N)c2c1[nH]c1ncc(-c3ccc4ccc(C(=O)O)c(=O)n4c3)c(N3CC[C@H]4CCN(C)[C@H]4C3)c12. The lowest BCUT2D eigenvalue weighted by Crippen LogP contribution is -2.47. The number of H-pyrrole nitrogens is 1. The molecule has 1 aromatic carbocycles. The summed E-state index contributed by atoms with van der Waals surface area (Å²) in [6.45, 7) is 2.54. The highest BCUT2D eigenvalue weighted by molar-refractivity contribution is 6.19. The van der Waals surface area contributed by atoms with Gasteiger partial charge >= 0.3 is 5.97 Å². The zero-order valence-electron chi connectivity index (χ0n) is 23.1. The van der Waals surface area contributed by atoms with Gasteiger partial charge in [-0.1, -0.05) is 6.07 Å². The third-order valence-corrected chi connectivity index (χ3v) is 9.05. The number of pyridine rings is 3. The molecule has 0 spiro atoms. The topological polar surface area (TPSA) is 130 Å². The van der Waals surface area contributed by atoms with Gasteiger partial charge in [-0.3, -0.25) is 9.20 Å². The number of carboxylic acid groups (broad SMARTS) is 1. The van der Waals surface area contributed by atoms with E-state index in [9.17, 15) is 20.0 Å². The van der Waals surface area contributed by atoms with Gasteiger partial charge in [0.15, 0.2) is 0 Å². The number of fused-ring (bicyclic) bond motifs is 5. The molecule has 6 heterocycles. The smallest absolute Gasteiger partial charge is 0.341 e. The number of carbonyl (C=O) groups is 1. The molecule has 0 amide bonds. The lowest BCUT2D eigenvalue weighted by atomic mass is 9.90. The monoisotopic (exact) mass is 565 g/mol. The Morgan fingerprint density at radius 2 is 2.00 bits per heavy atom. The number of aromatic nitrogens is 3. The molecule has 212 valence electrons. The fourth-order valence-corrected chi connectivity index (χ4v) is 6.90.